The summed E-state index contributed by atoms with van der Waals surface area (Å²) >= 11 is 3.79. The van der Waals surface area contributed by atoms with E-state index in [1.807, 2.05) is 24.3 Å². The smallest absolute Gasteiger partial charge is 0.598 e. The number of para-hydroxylation sites is 1. The monoisotopic (exact) mass is 687 g/mol. The lowest BCUT2D eigenvalue weighted by atomic mass is 9.63. The predicted molar refractivity (Wildman–Crippen MR) is 193 cm³/mol. The normalized spacial score (nSPS) is 26.0. The molecule has 4 aromatic carbocycles. The lowest BCUT2D eigenvalue weighted by molar-refractivity contribution is -0.858. The van der Waals surface area contributed by atoms with E-state index in [2.05, 4.69) is 118 Å². The van der Waals surface area contributed by atoms with Crippen molar-refractivity contribution in [2.45, 2.75) is 44.2 Å². The zero-order valence-electron chi connectivity index (χ0n) is 26.6. The first kappa shape index (κ1) is 30.2. The van der Waals surface area contributed by atoms with E-state index < -0.39 is 6.69 Å². The Balaban J connectivity index is 1.38. The molecule has 1 saturated carbocycles. The molecule has 3 aliphatic rings. The van der Waals surface area contributed by atoms with Crippen LogP contribution in [0.3, 0.4) is 0 Å². The van der Waals surface area contributed by atoms with Gasteiger partial charge < -0.3 is 23.5 Å². The van der Waals surface area contributed by atoms with Gasteiger partial charge in [-0.15, -0.1) is 0 Å². The van der Waals surface area contributed by atoms with Crippen molar-refractivity contribution in [2.24, 2.45) is 11.0 Å². The molecule has 0 bridgehead atoms. The number of quaternary nitrogens is 1. The molecule has 2 fully saturated rings. The van der Waals surface area contributed by atoms with Gasteiger partial charge >= 0.3 is 6.69 Å². The van der Waals surface area contributed by atoms with Crippen LogP contribution in [0.5, 0.6) is 5.75 Å². The molecule has 8 rings (SSSR count). The summed E-state index contributed by atoms with van der Waals surface area (Å²) in [5, 5.41) is 6.83. The summed E-state index contributed by atoms with van der Waals surface area (Å²) in [6, 6.07) is 37.5. The fourth-order valence-corrected chi connectivity index (χ4v) is 8.53. The second-order valence-electron chi connectivity index (χ2n) is 13.2. The number of halogens is 1. The van der Waals surface area contributed by atoms with Crippen molar-refractivity contribution in [3.05, 3.63) is 136 Å². The molecule has 0 amide bonds. The average Bonchev–Trinajstić information content (AvgIpc) is 3.78. The van der Waals surface area contributed by atoms with Crippen LogP contribution < -0.4 is 10.3 Å². The van der Waals surface area contributed by atoms with Gasteiger partial charge in [-0.25, -0.2) is 0 Å². The number of ether oxygens (including phenoxy) is 1. The molecule has 47 heavy (non-hydrogen) atoms. The predicted octanol–water partition coefficient (Wildman–Crippen LogP) is 8.73. The molecule has 8 heteroatoms. The van der Waals surface area contributed by atoms with Gasteiger partial charge in [-0.1, -0.05) is 109 Å². The Hall–Kier alpha value is -4.11. The first-order chi connectivity index (χ1) is 23.1. The minimum atomic E-state index is -2.24. The van der Waals surface area contributed by atoms with Gasteiger partial charge in [0.05, 0.1) is 19.2 Å². The molecule has 0 spiro atoms. The third-order valence-corrected chi connectivity index (χ3v) is 11.0. The van der Waals surface area contributed by atoms with Crippen LogP contribution in [0.4, 0.5) is 0 Å². The summed E-state index contributed by atoms with van der Waals surface area (Å²) in [6.07, 6.45) is 10.4. The Morgan fingerprint density at radius 3 is 2.38 bits per heavy atom. The fourth-order valence-electron chi connectivity index (χ4n) is 8.05. The van der Waals surface area contributed by atoms with E-state index in [1.165, 1.54) is 32.1 Å². The number of aromatic amines is 1. The zero-order chi connectivity index (χ0) is 31.8. The second kappa shape index (κ2) is 12.5. The SMILES string of the molecule is COc1ccc(C2=N[N@+]3(CC4CCCCC4)[C@@H](/C=C/c4ccccc4)[C@@H](c4ccccc4)O[B-]3(c3cc4cccc(Br)c4[nH]3)O2)cc1. The number of nitrogens with one attached hydrogen (secondary N) is 1. The van der Waals surface area contributed by atoms with Gasteiger partial charge in [0.15, 0.2) is 0 Å². The van der Waals surface area contributed by atoms with Crippen LogP contribution in [0.1, 0.15) is 54.9 Å². The highest BCUT2D eigenvalue weighted by molar-refractivity contribution is 9.10. The maximum absolute atomic E-state index is 7.53. The summed E-state index contributed by atoms with van der Waals surface area (Å²) in [7, 11) is 1.69. The number of benzene rings is 4. The molecule has 0 radical (unpaired) electrons. The van der Waals surface area contributed by atoms with E-state index >= 15 is 0 Å². The maximum Gasteiger partial charge on any atom is 0.598 e. The molecule has 238 valence electrons. The van der Waals surface area contributed by atoms with E-state index in [9.17, 15) is 0 Å². The quantitative estimate of drug-likeness (QED) is 0.166. The van der Waals surface area contributed by atoms with Crippen molar-refractivity contribution in [3.8, 4) is 5.75 Å². The van der Waals surface area contributed by atoms with E-state index in [1.54, 1.807) is 7.11 Å². The molecule has 3 heterocycles. The minimum Gasteiger partial charge on any atom is -0.618 e. The fraction of sp³-hybridized carbons (Fsp3) is 0.256. The number of rotatable bonds is 8. The third-order valence-electron chi connectivity index (χ3n) is 10.3. The van der Waals surface area contributed by atoms with Crippen LogP contribution in [0.15, 0.2) is 125 Å². The first-order valence-electron chi connectivity index (χ1n) is 16.8. The van der Waals surface area contributed by atoms with Crippen LogP contribution in [0.25, 0.3) is 17.0 Å². The summed E-state index contributed by atoms with van der Waals surface area (Å²) in [5.41, 5.74) is 5.12. The van der Waals surface area contributed by atoms with E-state index in [0.29, 0.717) is 16.3 Å². The van der Waals surface area contributed by atoms with Gasteiger partial charge in [0, 0.05) is 21.5 Å². The van der Waals surface area contributed by atoms with E-state index in [4.69, 9.17) is 19.1 Å². The Morgan fingerprint density at radius 2 is 1.66 bits per heavy atom. The molecule has 1 aromatic heterocycles. The van der Waals surface area contributed by atoms with Gasteiger partial charge in [-0.3, -0.25) is 0 Å². The summed E-state index contributed by atoms with van der Waals surface area (Å²) in [6.45, 7) is -1.42. The van der Waals surface area contributed by atoms with Crippen LogP contribution >= 0.6 is 15.9 Å². The van der Waals surface area contributed by atoms with Crippen LogP contribution in [0, 0.1) is 5.92 Å². The molecular weight excluding hydrogens is 649 g/mol. The van der Waals surface area contributed by atoms with Crippen molar-refractivity contribution in [2.75, 3.05) is 13.7 Å². The summed E-state index contributed by atoms with van der Waals surface area (Å²) in [4.78, 5) is 3.78. The number of nitrogens with zero attached hydrogens (tertiary/aromatic N) is 2. The Morgan fingerprint density at radius 1 is 0.915 bits per heavy atom. The van der Waals surface area contributed by atoms with Crippen molar-refractivity contribution in [1.29, 1.82) is 0 Å². The summed E-state index contributed by atoms with van der Waals surface area (Å²) < 4.78 is 21.7. The third kappa shape index (κ3) is 5.33. The Kier molecular flexibility index (Phi) is 8.04. The maximum atomic E-state index is 7.53. The number of H-pyrrole nitrogens is 1. The Bertz CT molecular complexity index is 1920. The summed E-state index contributed by atoms with van der Waals surface area (Å²) in [5.74, 6) is 1.89. The molecule has 1 N–H and O–H groups in total. The highest BCUT2D eigenvalue weighted by atomic mass is 79.9. The molecule has 1 saturated heterocycles. The molecule has 5 aromatic rings. The average molecular weight is 688 g/mol. The molecular formula is C39H39BBrN3O3. The van der Waals surface area contributed by atoms with Gasteiger partial charge in [0.25, 0.3) is 0 Å². The van der Waals surface area contributed by atoms with Crippen LogP contribution in [-0.2, 0) is 9.31 Å². The number of methoxy groups -OCH3 is 1. The van der Waals surface area contributed by atoms with E-state index in [-0.39, 0.29) is 12.1 Å². The largest absolute Gasteiger partial charge is 0.618 e. The minimum absolute atomic E-state index is 0.148. The highest BCUT2D eigenvalue weighted by Gasteiger charge is 2.71. The number of fused-ring (bicyclic) bond motifs is 2. The van der Waals surface area contributed by atoms with E-state index in [0.717, 1.165) is 50.0 Å². The van der Waals surface area contributed by atoms with Gasteiger partial charge in [-0.2, -0.15) is 0 Å². The highest BCUT2D eigenvalue weighted by Crippen LogP contribution is 2.51. The lowest BCUT2D eigenvalue weighted by Crippen LogP contribution is -2.71. The second-order valence-corrected chi connectivity index (χ2v) is 14.0. The standard InChI is InChI=1S/C39H39BBrN3O3/c1-45-33-23-21-31(22-24-33)39-43-44(27-29-14-7-3-8-15-29)35(25-20-28-12-5-2-6-13-28)38(30-16-9-4-10-17-30)46-40(44,47-39)36-26-32-18-11-19-34(41)37(32)42-36/h2,4-6,9-13,16-26,29,35,38,42H,3,7-8,14-15,27H2,1H3/b25-20+/t35-,38+,40?,44+/m0/s1. The van der Waals surface area contributed by atoms with Crippen molar-refractivity contribution in [3.63, 3.8) is 0 Å². The van der Waals surface area contributed by atoms with Gasteiger partial charge in [0.2, 0.25) is 5.90 Å². The van der Waals surface area contributed by atoms with Gasteiger partial charge in [-0.05, 0) is 81.7 Å². The van der Waals surface area contributed by atoms with Crippen molar-refractivity contribution < 1.29 is 18.5 Å². The Labute approximate surface area is 284 Å². The van der Waals surface area contributed by atoms with Crippen molar-refractivity contribution in [1.82, 2.24) is 4.98 Å². The van der Waals surface area contributed by atoms with Gasteiger partial charge in [0.1, 0.15) is 17.9 Å². The number of hydrogen-bond donors (Lipinski definition) is 1. The molecule has 4 atom stereocenters. The molecule has 2 aliphatic heterocycles. The first-order valence-corrected chi connectivity index (χ1v) is 17.6. The molecule has 6 nitrogen and oxygen atoms in total. The molecule has 1 unspecified atom stereocenters. The number of hydrogen-bond acceptors (Lipinski definition) is 4. The van der Waals surface area contributed by atoms with Crippen LogP contribution in [-0.4, -0.2) is 41.8 Å². The number of aromatic nitrogens is 1. The zero-order valence-corrected chi connectivity index (χ0v) is 28.2. The van der Waals surface area contributed by atoms with Crippen molar-refractivity contribution >= 4 is 51.1 Å². The topological polar surface area (TPSA) is 55.8 Å². The molecule has 1 aliphatic carbocycles. The lowest BCUT2D eigenvalue weighted by Gasteiger charge is -2.46. The van der Waals surface area contributed by atoms with Crippen LogP contribution in [0.2, 0.25) is 0 Å².